The summed E-state index contributed by atoms with van der Waals surface area (Å²) >= 11 is 5.95. The molecular formula is C18H21ClN2O3. The Morgan fingerprint density at radius 3 is 2.58 bits per heavy atom. The number of methoxy groups -OCH3 is 2. The van der Waals surface area contributed by atoms with Crippen molar-refractivity contribution in [3.05, 3.63) is 47.0 Å². The van der Waals surface area contributed by atoms with Crippen LogP contribution < -0.4 is 20.1 Å². The third-order valence-corrected chi connectivity index (χ3v) is 3.79. The number of aryl methyl sites for hydroxylation is 1. The van der Waals surface area contributed by atoms with Gasteiger partial charge in [-0.2, -0.15) is 0 Å². The van der Waals surface area contributed by atoms with E-state index < -0.39 is 0 Å². The highest BCUT2D eigenvalue weighted by Crippen LogP contribution is 2.29. The Balaban J connectivity index is 1.90. The van der Waals surface area contributed by atoms with E-state index in [1.54, 1.807) is 32.4 Å². The van der Waals surface area contributed by atoms with Gasteiger partial charge in [-0.25, -0.2) is 0 Å². The van der Waals surface area contributed by atoms with Gasteiger partial charge >= 0.3 is 0 Å². The van der Waals surface area contributed by atoms with Crippen LogP contribution in [0.5, 0.6) is 11.5 Å². The first kappa shape index (κ1) is 17.9. The molecule has 2 N–H and O–H groups in total. The molecule has 1 amide bonds. The van der Waals surface area contributed by atoms with Crippen LogP contribution in [0.3, 0.4) is 0 Å². The van der Waals surface area contributed by atoms with Gasteiger partial charge in [0.15, 0.2) is 0 Å². The molecule has 5 nitrogen and oxygen atoms in total. The summed E-state index contributed by atoms with van der Waals surface area (Å²) in [6.45, 7) is 2.40. The zero-order valence-corrected chi connectivity index (χ0v) is 14.7. The molecule has 0 aromatic heterocycles. The van der Waals surface area contributed by atoms with E-state index in [1.807, 2.05) is 25.1 Å². The Kier molecular flexibility index (Phi) is 6.32. The Morgan fingerprint density at radius 2 is 1.88 bits per heavy atom. The van der Waals surface area contributed by atoms with E-state index in [4.69, 9.17) is 21.1 Å². The number of hydrogen-bond acceptors (Lipinski definition) is 4. The number of carbonyl (C=O) groups is 1. The van der Waals surface area contributed by atoms with Gasteiger partial charge in [-0.1, -0.05) is 17.7 Å². The van der Waals surface area contributed by atoms with Gasteiger partial charge in [0.1, 0.15) is 11.5 Å². The summed E-state index contributed by atoms with van der Waals surface area (Å²) in [4.78, 5) is 12.1. The molecule has 128 valence electrons. The van der Waals surface area contributed by atoms with Crippen molar-refractivity contribution in [3.63, 3.8) is 0 Å². The van der Waals surface area contributed by atoms with Crippen molar-refractivity contribution >= 4 is 28.9 Å². The lowest BCUT2D eigenvalue weighted by molar-refractivity contribution is -0.115. The smallest absolute Gasteiger partial charge is 0.226 e. The van der Waals surface area contributed by atoms with Crippen LogP contribution in [0, 0.1) is 6.92 Å². The minimum Gasteiger partial charge on any atom is -0.497 e. The first-order chi connectivity index (χ1) is 11.5. The van der Waals surface area contributed by atoms with Gasteiger partial charge in [0.05, 0.1) is 19.9 Å². The molecule has 6 heteroatoms. The fourth-order valence-electron chi connectivity index (χ4n) is 2.20. The molecule has 0 atom stereocenters. The minimum absolute atomic E-state index is 0.0830. The van der Waals surface area contributed by atoms with Crippen molar-refractivity contribution in [2.75, 3.05) is 31.4 Å². The van der Waals surface area contributed by atoms with Crippen molar-refractivity contribution < 1.29 is 14.3 Å². The summed E-state index contributed by atoms with van der Waals surface area (Å²) in [6.07, 6.45) is 0.321. The number of rotatable bonds is 7. The zero-order valence-electron chi connectivity index (χ0n) is 14.0. The summed E-state index contributed by atoms with van der Waals surface area (Å²) in [5, 5.41) is 6.65. The molecule has 0 heterocycles. The van der Waals surface area contributed by atoms with Gasteiger partial charge < -0.3 is 20.1 Å². The van der Waals surface area contributed by atoms with Crippen LogP contribution in [0.2, 0.25) is 5.02 Å². The molecule has 24 heavy (non-hydrogen) atoms. The van der Waals surface area contributed by atoms with Gasteiger partial charge in [0.25, 0.3) is 0 Å². The third kappa shape index (κ3) is 4.80. The molecule has 0 spiro atoms. The van der Waals surface area contributed by atoms with Crippen molar-refractivity contribution in [1.29, 1.82) is 0 Å². The molecule has 0 aliphatic heterocycles. The average molecular weight is 349 g/mol. The number of anilines is 2. The molecule has 0 unspecified atom stereocenters. The molecule has 0 bridgehead atoms. The Bertz CT molecular complexity index is 719. The first-order valence-corrected chi connectivity index (χ1v) is 7.93. The predicted octanol–water partition coefficient (Wildman–Crippen LogP) is 4.11. The number of halogens is 1. The average Bonchev–Trinajstić information content (AvgIpc) is 2.58. The number of nitrogens with one attached hydrogen (secondary N) is 2. The molecule has 2 aromatic carbocycles. The van der Waals surface area contributed by atoms with Crippen molar-refractivity contribution in [1.82, 2.24) is 0 Å². The molecule has 0 saturated heterocycles. The first-order valence-electron chi connectivity index (χ1n) is 7.55. The molecule has 0 aliphatic rings. The maximum atomic E-state index is 12.1. The van der Waals surface area contributed by atoms with Crippen LogP contribution in [0.25, 0.3) is 0 Å². The maximum Gasteiger partial charge on any atom is 0.226 e. The van der Waals surface area contributed by atoms with E-state index in [-0.39, 0.29) is 5.91 Å². The van der Waals surface area contributed by atoms with Crippen LogP contribution >= 0.6 is 11.6 Å². The van der Waals surface area contributed by atoms with Gasteiger partial charge in [-0.05, 0) is 36.8 Å². The quantitative estimate of drug-likeness (QED) is 0.790. The van der Waals surface area contributed by atoms with Crippen LogP contribution in [0.1, 0.15) is 12.0 Å². The predicted molar refractivity (Wildman–Crippen MR) is 97.5 cm³/mol. The lowest BCUT2D eigenvalue weighted by Gasteiger charge is -2.13. The molecule has 0 radical (unpaired) electrons. The summed E-state index contributed by atoms with van der Waals surface area (Å²) in [6, 6.07) is 10.9. The van der Waals surface area contributed by atoms with Crippen molar-refractivity contribution in [2.24, 2.45) is 0 Å². The van der Waals surface area contributed by atoms with Gasteiger partial charge in [0.2, 0.25) is 5.91 Å². The Labute approximate surface area is 146 Å². The maximum absolute atomic E-state index is 12.1. The Hall–Kier alpha value is -2.40. The highest BCUT2D eigenvalue weighted by atomic mass is 35.5. The SMILES string of the molecule is COc1ccc(NCCC(=O)Nc2cc(Cl)ccc2C)c(OC)c1. The Morgan fingerprint density at radius 1 is 1.08 bits per heavy atom. The second kappa shape index (κ2) is 8.45. The van der Waals surface area contributed by atoms with Crippen molar-refractivity contribution in [3.8, 4) is 11.5 Å². The van der Waals surface area contributed by atoms with E-state index in [9.17, 15) is 4.79 Å². The van der Waals surface area contributed by atoms with E-state index in [0.717, 1.165) is 16.9 Å². The number of hydrogen-bond donors (Lipinski definition) is 2. The molecule has 0 saturated carbocycles. The fourth-order valence-corrected chi connectivity index (χ4v) is 2.37. The van der Waals surface area contributed by atoms with Gasteiger partial charge in [-0.15, -0.1) is 0 Å². The van der Waals surface area contributed by atoms with Crippen LogP contribution in [0.4, 0.5) is 11.4 Å². The lowest BCUT2D eigenvalue weighted by Crippen LogP contribution is -2.17. The van der Waals surface area contributed by atoms with Crippen molar-refractivity contribution in [2.45, 2.75) is 13.3 Å². The molecule has 0 fully saturated rings. The highest BCUT2D eigenvalue weighted by Gasteiger charge is 2.08. The largest absolute Gasteiger partial charge is 0.497 e. The van der Waals surface area contributed by atoms with Crippen LogP contribution in [0.15, 0.2) is 36.4 Å². The summed E-state index contributed by atoms with van der Waals surface area (Å²) in [7, 11) is 3.19. The molecular weight excluding hydrogens is 328 g/mol. The molecule has 2 aromatic rings. The van der Waals surface area contributed by atoms with Gasteiger partial charge in [-0.3, -0.25) is 4.79 Å². The number of amides is 1. The van der Waals surface area contributed by atoms with E-state index in [1.165, 1.54) is 0 Å². The number of carbonyl (C=O) groups excluding carboxylic acids is 1. The fraction of sp³-hybridized carbons (Fsp3) is 0.278. The summed E-state index contributed by atoms with van der Waals surface area (Å²) in [5.74, 6) is 1.30. The lowest BCUT2D eigenvalue weighted by atomic mass is 10.2. The molecule has 2 rings (SSSR count). The topological polar surface area (TPSA) is 59.6 Å². The van der Waals surface area contributed by atoms with E-state index in [0.29, 0.717) is 29.5 Å². The van der Waals surface area contributed by atoms with Crippen LogP contribution in [-0.4, -0.2) is 26.7 Å². The summed E-state index contributed by atoms with van der Waals surface area (Å²) < 4.78 is 10.5. The normalized spacial score (nSPS) is 10.2. The zero-order chi connectivity index (χ0) is 17.5. The second-order valence-corrected chi connectivity index (χ2v) is 5.69. The standard InChI is InChI=1S/C18H21ClN2O3/c1-12-4-5-13(19)10-16(12)21-18(22)8-9-20-15-7-6-14(23-2)11-17(15)24-3/h4-7,10-11,20H,8-9H2,1-3H3,(H,21,22). The second-order valence-electron chi connectivity index (χ2n) is 5.25. The number of ether oxygens (including phenoxy) is 2. The van der Waals surface area contributed by atoms with E-state index >= 15 is 0 Å². The summed E-state index contributed by atoms with van der Waals surface area (Å²) in [5.41, 5.74) is 2.51. The highest BCUT2D eigenvalue weighted by molar-refractivity contribution is 6.31. The molecule has 0 aliphatic carbocycles. The third-order valence-electron chi connectivity index (χ3n) is 3.55. The van der Waals surface area contributed by atoms with Gasteiger partial charge in [0, 0.05) is 29.7 Å². The van der Waals surface area contributed by atoms with E-state index in [2.05, 4.69) is 10.6 Å². The number of benzene rings is 2. The minimum atomic E-state index is -0.0830. The van der Waals surface area contributed by atoms with Crippen LogP contribution in [-0.2, 0) is 4.79 Å². The monoisotopic (exact) mass is 348 g/mol.